The molecular weight excluding hydrogens is 264 g/mol. The zero-order valence-electron chi connectivity index (χ0n) is 10.6. The third kappa shape index (κ3) is 2.71. The summed E-state index contributed by atoms with van der Waals surface area (Å²) in [6, 6.07) is 3.82. The first-order chi connectivity index (χ1) is 9.49. The molecule has 0 bridgehead atoms. The molecule has 0 saturated carbocycles. The number of nitrogens with one attached hydrogen (secondary N) is 1. The van der Waals surface area contributed by atoms with Gasteiger partial charge in [0.2, 0.25) is 0 Å². The Morgan fingerprint density at radius 1 is 1.55 bits per heavy atom. The monoisotopic (exact) mass is 276 g/mol. The molecule has 0 aliphatic rings. The van der Waals surface area contributed by atoms with E-state index < -0.39 is 10.8 Å². The topological polar surface area (TPSA) is 129 Å². The van der Waals surface area contributed by atoms with Gasteiger partial charge in [-0.2, -0.15) is 0 Å². The summed E-state index contributed by atoms with van der Waals surface area (Å²) < 4.78 is 1.67. The van der Waals surface area contributed by atoms with Gasteiger partial charge in [0.05, 0.1) is 11.5 Å². The Morgan fingerprint density at radius 2 is 2.30 bits per heavy atom. The quantitative estimate of drug-likeness (QED) is 0.467. The lowest BCUT2D eigenvalue weighted by Gasteiger charge is -2.05. The van der Waals surface area contributed by atoms with E-state index >= 15 is 0 Å². The van der Waals surface area contributed by atoms with Crippen LogP contribution in [0.15, 0.2) is 24.5 Å². The number of benzene rings is 1. The van der Waals surface area contributed by atoms with Gasteiger partial charge in [-0.25, -0.2) is 0 Å². The predicted molar refractivity (Wildman–Crippen MR) is 69.7 cm³/mol. The summed E-state index contributed by atoms with van der Waals surface area (Å²) in [5, 5.41) is 20.8. The lowest BCUT2D eigenvalue weighted by molar-refractivity contribution is -0.383. The Labute approximate surface area is 113 Å². The van der Waals surface area contributed by atoms with Gasteiger partial charge < -0.3 is 15.6 Å². The Bertz CT molecular complexity index is 666. The van der Waals surface area contributed by atoms with Gasteiger partial charge in [-0.3, -0.25) is 14.9 Å². The largest absolute Gasteiger partial charge is 0.393 e. The average Bonchev–Trinajstić information content (AvgIpc) is 2.81. The molecule has 1 aromatic carbocycles. The van der Waals surface area contributed by atoms with E-state index in [0.717, 1.165) is 0 Å². The molecule has 9 nitrogen and oxygen atoms in total. The number of rotatable bonds is 4. The normalized spacial score (nSPS) is 10.2. The first-order valence-corrected chi connectivity index (χ1v) is 5.64. The van der Waals surface area contributed by atoms with E-state index in [0.29, 0.717) is 5.82 Å². The number of nitro benzene ring substituents is 1. The molecule has 0 fully saturated rings. The second-order valence-electron chi connectivity index (χ2n) is 4.07. The standard InChI is InChI=1S/C11H12N6O3/c1-16-6-14-15-10(16)5-13-11(18)7-2-3-9(17(19)20)8(12)4-7/h2-4,6H,5,12H2,1H3,(H,13,18). The van der Waals surface area contributed by atoms with Crippen LogP contribution >= 0.6 is 0 Å². The number of anilines is 1. The van der Waals surface area contributed by atoms with Crippen LogP contribution in [0.2, 0.25) is 0 Å². The van der Waals surface area contributed by atoms with Crippen LogP contribution in [0.3, 0.4) is 0 Å². The maximum absolute atomic E-state index is 11.9. The molecule has 0 unspecified atom stereocenters. The van der Waals surface area contributed by atoms with E-state index in [9.17, 15) is 14.9 Å². The number of hydrogen-bond acceptors (Lipinski definition) is 6. The molecule has 2 rings (SSSR count). The summed E-state index contributed by atoms with van der Waals surface area (Å²) in [5.74, 6) is 0.197. The van der Waals surface area contributed by atoms with Crippen molar-refractivity contribution in [2.45, 2.75) is 6.54 Å². The first kappa shape index (κ1) is 13.5. The van der Waals surface area contributed by atoms with Crippen LogP contribution < -0.4 is 11.1 Å². The molecule has 9 heteroatoms. The number of carbonyl (C=O) groups is 1. The lowest BCUT2D eigenvalue weighted by Crippen LogP contribution is -2.24. The fourth-order valence-corrected chi connectivity index (χ4v) is 1.59. The third-order valence-electron chi connectivity index (χ3n) is 2.70. The molecule has 0 aliphatic heterocycles. The molecule has 3 N–H and O–H groups in total. The maximum atomic E-state index is 11.9. The van der Waals surface area contributed by atoms with E-state index in [1.807, 2.05) is 0 Å². The fourth-order valence-electron chi connectivity index (χ4n) is 1.59. The Kier molecular flexibility index (Phi) is 3.60. The highest BCUT2D eigenvalue weighted by molar-refractivity contribution is 5.95. The lowest BCUT2D eigenvalue weighted by atomic mass is 10.1. The van der Waals surface area contributed by atoms with Crippen molar-refractivity contribution >= 4 is 17.3 Å². The van der Waals surface area contributed by atoms with Gasteiger partial charge in [0.1, 0.15) is 12.0 Å². The zero-order valence-corrected chi connectivity index (χ0v) is 10.6. The van der Waals surface area contributed by atoms with Crippen LogP contribution in [-0.2, 0) is 13.6 Å². The SMILES string of the molecule is Cn1cnnc1CNC(=O)c1ccc([N+](=O)[O-])c(N)c1. The van der Waals surface area contributed by atoms with Crippen molar-refractivity contribution < 1.29 is 9.72 Å². The molecule has 1 aromatic heterocycles. The van der Waals surface area contributed by atoms with Crippen molar-refractivity contribution in [3.05, 3.63) is 46.0 Å². The van der Waals surface area contributed by atoms with Crippen LogP contribution in [0.1, 0.15) is 16.2 Å². The third-order valence-corrected chi connectivity index (χ3v) is 2.70. The van der Waals surface area contributed by atoms with Crippen LogP contribution in [0.25, 0.3) is 0 Å². The first-order valence-electron chi connectivity index (χ1n) is 5.64. The number of nitrogens with two attached hydrogens (primary N) is 1. The van der Waals surface area contributed by atoms with Gasteiger partial charge in [-0.05, 0) is 12.1 Å². The minimum atomic E-state index is -0.601. The summed E-state index contributed by atoms with van der Waals surface area (Å²) in [6.07, 6.45) is 1.52. The number of amides is 1. The van der Waals surface area contributed by atoms with Gasteiger partial charge >= 0.3 is 0 Å². The summed E-state index contributed by atoms with van der Waals surface area (Å²) in [6.45, 7) is 0.201. The van der Waals surface area contributed by atoms with Gasteiger partial charge in [-0.1, -0.05) is 0 Å². The Balaban J connectivity index is 2.08. The van der Waals surface area contributed by atoms with Crippen molar-refractivity contribution in [3.8, 4) is 0 Å². The Morgan fingerprint density at radius 3 is 2.85 bits per heavy atom. The molecule has 1 amide bonds. The second kappa shape index (κ2) is 5.34. The van der Waals surface area contributed by atoms with E-state index in [1.54, 1.807) is 11.6 Å². The molecule has 0 atom stereocenters. The van der Waals surface area contributed by atoms with E-state index in [-0.39, 0.29) is 23.5 Å². The van der Waals surface area contributed by atoms with E-state index in [2.05, 4.69) is 15.5 Å². The van der Waals surface area contributed by atoms with Gasteiger partial charge in [0.15, 0.2) is 5.82 Å². The van der Waals surface area contributed by atoms with Crippen LogP contribution in [0.5, 0.6) is 0 Å². The maximum Gasteiger partial charge on any atom is 0.292 e. The minimum absolute atomic E-state index is 0.0543. The number of nitrogen functional groups attached to an aromatic ring is 1. The number of aromatic nitrogens is 3. The van der Waals surface area contributed by atoms with E-state index in [1.165, 1.54) is 24.5 Å². The number of hydrogen-bond donors (Lipinski definition) is 2. The van der Waals surface area contributed by atoms with Gasteiger partial charge in [-0.15, -0.1) is 10.2 Å². The highest BCUT2D eigenvalue weighted by atomic mass is 16.6. The fraction of sp³-hybridized carbons (Fsp3) is 0.182. The van der Waals surface area contributed by atoms with Crippen molar-refractivity contribution in [1.29, 1.82) is 0 Å². The summed E-state index contributed by atoms with van der Waals surface area (Å²) in [5.41, 5.74) is 5.49. The minimum Gasteiger partial charge on any atom is -0.393 e. The van der Waals surface area contributed by atoms with Gasteiger partial charge in [0, 0.05) is 18.7 Å². The molecule has 1 heterocycles. The molecule has 104 valence electrons. The second-order valence-corrected chi connectivity index (χ2v) is 4.07. The number of carbonyl (C=O) groups excluding carboxylic acids is 1. The van der Waals surface area contributed by atoms with Crippen LogP contribution in [0, 0.1) is 10.1 Å². The van der Waals surface area contributed by atoms with Crippen molar-refractivity contribution in [1.82, 2.24) is 20.1 Å². The van der Waals surface area contributed by atoms with Crippen molar-refractivity contribution in [2.24, 2.45) is 7.05 Å². The molecule has 2 aromatic rings. The highest BCUT2D eigenvalue weighted by Crippen LogP contribution is 2.21. The number of aryl methyl sites for hydroxylation is 1. The smallest absolute Gasteiger partial charge is 0.292 e. The molecule has 0 spiro atoms. The molecular formula is C11H12N6O3. The Hall–Kier alpha value is -2.97. The van der Waals surface area contributed by atoms with E-state index in [4.69, 9.17) is 5.73 Å². The highest BCUT2D eigenvalue weighted by Gasteiger charge is 2.14. The zero-order chi connectivity index (χ0) is 14.7. The average molecular weight is 276 g/mol. The number of nitrogens with zero attached hydrogens (tertiary/aromatic N) is 4. The van der Waals surface area contributed by atoms with Crippen molar-refractivity contribution in [2.75, 3.05) is 5.73 Å². The predicted octanol–water partition coefficient (Wildman–Crippen LogP) is 0.235. The van der Waals surface area contributed by atoms with Crippen LogP contribution in [-0.4, -0.2) is 25.6 Å². The van der Waals surface area contributed by atoms with Gasteiger partial charge in [0.25, 0.3) is 11.6 Å². The van der Waals surface area contributed by atoms with Crippen LogP contribution in [0.4, 0.5) is 11.4 Å². The molecule has 0 radical (unpaired) electrons. The molecule has 20 heavy (non-hydrogen) atoms. The number of nitro groups is 1. The molecule has 0 aliphatic carbocycles. The summed E-state index contributed by atoms with van der Waals surface area (Å²) in [4.78, 5) is 21.9. The molecule has 0 saturated heterocycles. The van der Waals surface area contributed by atoms with Crippen molar-refractivity contribution in [3.63, 3.8) is 0 Å². The summed E-state index contributed by atoms with van der Waals surface area (Å²) in [7, 11) is 1.76. The summed E-state index contributed by atoms with van der Waals surface area (Å²) >= 11 is 0.